The Morgan fingerprint density at radius 2 is 2.35 bits per heavy atom. The Balaban J connectivity index is 1.89. The van der Waals surface area contributed by atoms with Gasteiger partial charge in [0.25, 0.3) is 5.91 Å². The molecule has 20 heavy (non-hydrogen) atoms. The minimum Gasteiger partial charge on any atom is -0.395 e. The van der Waals surface area contributed by atoms with E-state index in [9.17, 15) is 4.79 Å². The van der Waals surface area contributed by atoms with Gasteiger partial charge in [-0.1, -0.05) is 11.8 Å². The molecule has 0 bridgehead atoms. The summed E-state index contributed by atoms with van der Waals surface area (Å²) in [5, 5.41) is 20.7. The third kappa shape index (κ3) is 4.16. The lowest BCUT2D eigenvalue weighted by molar-refractivity contribution is 0.0950. The zero-order valence-corrected chi connectivity index (χ0v) is 11.5. The van der Waals surface area contributed by atoms with Gasteiger partial charge in [0.05, 0.1) is 31.1 Å². The first-order valence-corrected chi connectivity index (χ1v) is 6.89. The highest BCUT2D eigenvalue weighted by Gasteiger charge is 2.05. The maximum Gasteiger partial charge on any atom is 0.253 e. The van der Waals surface area contributed by atoms with Gasteiger partial charge in [-0.05, 0) is 12.1 Å². The van der Waals surface area contributed by atoms with Gasteiger partial charge >= 0.3 is 0 Å². The first kappa shape index (κ1) is 14.2. The lowest BCUT2D eigenvalue weighted by atomic mass is 10.2. The molecular formula is C14H13N3O2S. The van der Waals surface area contributed by atoms with E-state index < -0.39 is 0 Å². The van der Waals surface area contributed by atoms with Gasteiger partial charge in [-0.25, -0.2) is 0 Å². The van der Waals surface area contributed by atoms with E-state index in [1.807, 2.05) is 11.4 Å². The van der Waals surface area contributed by atoms with Crippen LogP contribution in [-0.4, -0.2) is 27.8 Å². The quantitative estimate of drug-likeness (QED) is 0.829. The van der Waals surface area contributed by atoms with Crippen LogP contribution >= 0.6 is 11.3 Å². The number of hydrogen-bond acceptors (Lipinski definition) is 5. The fraction of sp³-hybridized carbons (Fsp3) is 0.214. The molecule has 0 saturated heterocycles. The molecule has 2 N–H and O–H groups in total. The number of carbonyl (C=O) groups is 1. The minimum absolute atomic E-state index is 0.0695. The number of rotatable bonds is 4. The number of thiophene rings is 1. The summed E-state index contributed by atoms with van der Waals surface area (Å²) in [6, 6.07) is 3.54. The van der Waals surface area contributed by atoms with Gasteiger partial charge in [-0.3, -0.25) is 4.79 Å². The maximum absolute atomic E-state index is 11.8. The number of aliphatic hydroxyl groups is 1. The number of amides is 1. The fourth-order valence-corrected chi connectivity index (χ4v) is 2.21. The van der Waals surface area contributed by atoms with E-state index in [2.05, 4.69) is 27.4 Å². The number of aliphatic hydroxyl groups excluding tert-OH is 1. The Morgan fingerprint density at radius 3 is 3.10 bits per heavy atom. The van der Waals surface area contributed by atoms with Crippen LogP contribution in [-0.2, 0) is 6.54 Å². The maximum atomic E-state index is 11.8. The summed E-state index contributed by atoms with van der Waals surface area (Å²) in [5.74, 6) is 5.63. The van der Waals surface area contributed by atoms with E-state index >= 15 is 0 Å². The number of hydrogen-bond donors (Lipinski definition) is 2. The van der Waals surface area contributed by atoms with Gasteiger partial charge in [0.15, 0.2) is 0 Å². The average molecular weight is 287 g/mol. The molecule has 2 aromatic heterocycles. The van der Waals surface area contributed by atoms with E-state index in [0.717, 1.165) is 10.4 Å². The van der Waals surface area contributed by atoms with Gasteiger partial charge in [-0.15, -0.1) is 11.3 Å². The Bertz CT molecular complexity index is 629. The normalized spacial score (nSPS) is 9.65. The van der Waals surface area contributed by atoms with Crippen LogP contribution in [0.1, 0.15) is 27.2 Å². The van der Waals surface area contributed by atoms with Crippen LogP contribution in [0.2, 0.25) is 0 Å². The zero-order valence-electron chi connectivity index (χ0n) is 10.7. The molecule has 6 heteroatoms. The van der Waals surface area contributed by atoms with Gasteiger partial charge in [0, 0.05) is 22.2 Å². The lowest BCUT2D eigenvalue weighted by Crippen LogP contribution is -2.22. The Hall–Kier alpha value is -2.23. The molecule has 0 radical (unpaired) electrons. The molecule has 0 aromatic carbocycles. The molecule has 102 valence electrons. The SMILES string of the molecule is O=C(NCc1cc(C#CCCO)cs1)c1ccnnc1. The predicted octanol–water partition coefficient (Wildman–Crippen LogP) is 1.20. The van der Waals surface area contributed by atoms with Gasteiger partial charge in [-0.2, -0.15) is 10.2 Å². The van der Waals surface area contributed by atoms with Crippen LogP contribution in [0, 0.1) is 11.8 Å². The smallest absolute Gasteiger partial charge is 0.253 e. The molecule has 2 heterocycles. The van der Waals surface area contributed by atoms with Crippen molar-refractivity contribution < 1.29 is 9.90 Å². The summed E-state index contributed by atoms with van der Waals surface area (Å²) in [6.07, 6.45) is 3.38. The number of nitrogens with zero attached hydrogens (tertiary/aromatic N) is 2. The van der Waals surface area contributed by atoms with E-state index in [4.69, 9.17) is 5.11 Å². The van der Waals surface area contributed by atoms with E-state index in [1.54, 1.807) is 6.07 Å². The molecule has 2 aromatic rings. The number of carbonyl (C=O) groups excluding carboxylic acids is 1. The third-order valence-corrected chi connectivity index (χ3v) is 3.33. The van der Waals surface area contributed by atoms with Gasteiger partial charge in [0.1, 0.15) is 0 Å². The van der Waals surface area contributed by atoms with Crippen molar-refractivity contribution in [3.8, 4) is 11.8 Å². The van der Waals surface area contributed by atoms with Gasteiger partial charge in [0.2, 0.25) is 0 Å². The fourth-order valence-electron chi connectivity index (χ4n) is 1.45. The van der Waals surface area contributed by atoms with Crippen LogP contribution in [0.5, 0.6) is 0 Å². The van der Waals surface area contributed by atoms with Crippen molar-refractivity contribution in [2.24, 2.45) is 0 Å². The molecular weight excluding hydrogens is 274 g/mol. The summed E-state index contributed by atoms with van der Waals surface area (Å²) >= 11 is 1.54. The first-order chi connectivity index (χ1) is 9.79. The topological polar surface area (TPSA) is 75.1 Å². The second kappa shape index (κ2) is 7.38. The highest BCUT2D eigenvalue weighted by atomic mass is 32.1. The molecule has 0 spiro atoms. The van der Waals surface area contributed by atoms with Crippen LogP contribution in [0.15, 0.2) is 29.9 Å². The highest BCUT2D eigenvalue weighted by molar-refractivity contribution is 7.10. The molecule has 0 aliphatic heterocycles. The molecule has 5 nitrogen and oxygen atoms in total. The molecule has 0 unspecified atom stereocenters. The molecule has 0 fully saturated rings. The zero-order chi connectivity index (χ0) is 14.2. The molecule has 0 aliphatic rings. The Kier molecular flexibility index (Phi) is 5.24. The van der Waals surface area contributed by atoms with E-state index in [1.165, 1.54) is 23.7 Å². The number of nitrogens with one attached hydrogen (secondary N) is 1. The minimum atomic E-state index is -0.179. The van der Waals surface area contributed by atoms with E-state index in [-0.39, 0.29) is 12.5 Å². The van der Waals surface area contributed by atoms with Crippen molar-refractivity contribution in [2.75, 3.05) is 6.61 Å². The Labute approximate surface area is 120 Å². The second-order valence-corrected chi connectivity index (χ2v) is 4.89. The molecule has 1 amide bonds. The van der Waals surface area contributed by atoms with Crippen molar-refractivity contribution in [3.05, 3.63) is 45.9 Å². The number of aromatic nitrogens is 2. The first-order valence-electron chi connectivity index (χ1n) is 6.01. The molecule has 0 saturated carbocycles. The summed E-state index contributed by atoms with van der Waals surface area (Å²) in [6.45, 7) is 0.521. The third-order valence-electron chi connectivity index (χ3n) is 2.39. The van der Waals surface area contributed by atoms with Crippen LogP contribution < -0.4 is 5.32 Å². The summed E-state index contributed by atoms with van der Waals surface area (Å²) in [5.41, 5.74) is 1.39. The Morgan fingerprint density at radius 1 is 1.45 bits per heavy atom. The van der Waals surface area contributed by atoms with Crippen LogP contribution in [0.4, 0.5) is 0 Å². The highest BCUT2D eigenvalue weighted by Crippen LogP contribution is 2.13. The monoisotopic (exact) mass is 287 g/mol. The molecule has 2 rings (SSSR count). The van der Waals surface area contributed by atoms with Crippen LogP contribution in [0.25, 0.3) is 0 Å². The standard InChI is InChI=1S/C14H13N3O2S/c18-6-2-1-3-11-7-13(20-10-11)9-15-14(19)12-4-5-16-17-8-12/h4-5,7-8,10,18H,2,6,9H2,(H,15,19). The van der Waals surface area contributed by atoms with Crippen LogP contribution in [0.3, 0.4) is 0 Å². The van der Waals surface area contributed by atoms with Crippen molar-refractivity contribution in [1.82, 2.24) is 15.5 Å². The van der Waals surface area contributed by atoms with Crippen molar-refractivity contribution in [1.29, 1.82) is 0 Å². The largest absolute Gasteiger partial charge is 0.395 e. The van der Waals surface area contributed by atoms with Crippen molar-refractivity contribution in [3.63, 3.8) is 0 Å². The lowest BCUT2D eigenvalue weighted by Gasteiger charge is -2.02. The molecule has 0 aliphatic carbocycles. The average Bonchev–Trinajstić information content (AvgIpc) is 2.94. The predicted molar refractivity (Wildman–Crippen MR) is 76.1 cm³/mol. The van der Waals surface area contributed by atoms with Gasteiger partial charge < -0.3 is 10.4 Å². The summed E-state index contributed by atoms with van der Waals surface area (Å²) in [4.78, 5) is 12.8. The molecule has 0 atom stereocenters. The summed E-state index contributed by atoms with van der Waals surface area (Å²) in [7, 11) is 0. The van der Waals surface area contributed by atoms with E-state index in [0.29, 0.717) is 18.5 Å². The van der Waals surface area contributed by atoms with Crippen molar-refractivity contribution >= 4 is 17.2 Å². The summed E-state index contributed by atoms with van der Waals surface area (Å²) < 4.78 is 0. The second-order valence-electron chi connectivity index (χ2n) is 3.89. The van der Waals surface area contributed by atoms with Crippen molar-refractivity contribution in [2.45, 2.75) is 13.0 Å².